The van der Waals surface area contributed by atoms with Gasteiger partial charge in [-0.05, 0) is 112 Å². The first-order chi connectivity index (χ1) is 29.7. The third-order valence-electron chi connectivity index (χ3n) is 13.8. The van der Waals surface area contributed by atoms with Crippen molar-refractivity contribution in [2.24, 2.45) is 0 Å². The smallest absolute Gasteiger partial charge is 0.364 e. The van der Waals surface area contributed by atoms with E-state index in [1.165, 1.54) is 88.1 Å². The van der Waals surface area contributed by atoms with E-state index in [1.807, 2.05) is 0 Å². The molecule has 0 aliphatic carbocycles. The molecule has 0 N–H and O–H groups in total. The van der Waals surface area contributed by atoms with E-state index in [-0.39, 0.29) is 0 Å². The Balaban J connectivity index is 1.29. The van der Waals surface area contributed by atoms with Gasteiger partial charge in [-0.1, -0.05) is 123 Å². The maximum atomic E-state index is 7.14. The summed E-state index contributed by atoms with van der Waals surface area (Å²) < 4.78 is 15.1. The van der Waals surface area contributed by atoms with E-state index in [1.54, 1.807) is 0 Å². The molecule has 13 rings (SSSR count). The first-order valence-corrected chi connectivity index (χ1v) is 24.9. The molecule has 5 heteroatoms. The fraction of sp³-hybridized carbons (Fsp3) is 0.107. The van der Waals surface area contributed by atoms with Gasteiger partial charge in [0, 0.05) is 22.0 Å². The van der Waals surface area contributed by atoms with E-state index in [0.717, 1.165) is 33.3 Å². The van der Waals surface area contributed by atoms with Gasteiger partial charge in [0.2, 0.25) is 5.69 Å². The van der Waals surface area contributed by atoms with Crippen LogP contribution in [0, 0.1) is 13.8 Å². The van der Waals surface area contributed by atoms with Crippen LogP contribution in [0.25, 0.3) is 94.0 Å². The Morgan fingerprint density at radius 2 is 1.30 bits per heavy atom. The van der Waals surface area contributed by atoms with Gasteiger partial charge >= 0.3 is 11.5 Å². The number of imidazole rings is 1. The van der Waals surface area contributed by atoms with E-state index in [2.05, 4.69) is 217 Å². The van der Waals surface area contributed by atoms with Crippen LogP contribution < -0.4 is 14.3 Å². The van der Waals surface area contributed by atoms with Crippen molar-refractivity contribution in [3.05, 3.63) is 192 Å². The zero-order valence-electron chi connectivity index (χ0n) is 34.9. The van der Waals surface area contributed by atoms with E-state index in [4.69, 9.17) is 4.42 Å². The average Bonchev–Trinajstić information content (AvgIpc) is 3.99. The van der Waals surface area contributed by atoms with Crippen LogP contribution >= 0.6 is 0 Å². The summed E-state index contributed by atoms with van der Waals surface area (Å²) in [6.45, 7) is 11.9. The van der Waals surface area contributed by atoms with Crippen molar-refractivity contribution in [2.75, 3.05) is 0 Å². The van der Waals surface area contributed by atoms with Gasteiger partial charge in [-0.3, -0.25) is 0 Å². The number of nitrogens with zero attached hydrogens (tertiary/aromatic N) is 3. The van der Waals surface area contributed by atoms with Crippen molar-refractivity contribution in [3.8, 4) is 39.5 Å². The van der Waals surface area contributed by atoms with Gasteiger partial charge < -0.3 is 4.42 Å². The third-order valence-corrected chi connectivity index (χ3v) is 15.8. The average molecular weight is 802 g/mol. The highest BCUT2D eigenvalue weighted by Crippen LogP contribution is 2.53. The maximum absolute atomic E-state index is 7.14. The Hall–Kier alpha value is -7.08. The molecule has 0 saturated carbocycles. The van der Waals surface area contributed by atoms with Crippen molar-refractivity contribution in [1.82, 2.24) is 4.57 Å². The molecule has 0 bridgehead atoms. The maximum Gasteiger partial charge on any atom is 0.364 e. The molecule has 1 spiro atoms. The first-order valence-electron chi connectivity index (χ1n) is 21.4. The van der Waals surface area contributed by atoms with Crippen molar-refractivity contribution in [3.63, 3.8) is 0 Å². The number of hydrogen-bond donors (Lipinski definition) is 0. The number of fused-ring (bicyclic) bond motifs is 19. The van der Waals surface area contributed by atoms with Gasteiger partial charge in [-0.25, -0.2) is 0 Å². The van der Waals surface area contributed by atoms with Crippen molar-refractivity contribution < 1.29 is 13.6 Å². The van der Waals surface area contributed by atoms with E-state index in [0.29, 0.717) is 0 Å². The van der Waals surface area contributed by atoms with Crippen LogP contribution in [0.2, 0.25) is 19.6 Å². The van der Waals surface area contributed by atoms with Gasteiger partial charge in [-0.15, -0.1) is 9.13 Å². The second kappa shape index (κ2) is 12.0. The number of aryl methyl sites for hydroxylation is 2. The number of aromatic nitrogens is 3. The first kappa shape index (κ1) is 34.7. The number of benzene rings is 8. The van der Waals surface area contributed by atoms with Crippen molar-refractivity contribution in [1.29, 1.82) is 0 Å². The lowest BCUT2D eigenvalue weighted by Gasteiger charge is -2.22. The summed E-state index contributed by atoms with van der Waals surface area (Å²) in [6.07, 6.45) is 2.50. The lowest BCUT2D eigenvalue weighted by atomic mass is 9.88. The van der Waals surface area contributed by atoms with Crippen LogP contribution in [0.4, 0.5) is 0 Å². The highest BCUT2D eigenvalue weighted by Gasteiger charge is 2.67. The molecule has 0 radical (unpaired) electrons. The normalized spacial score (nSPS) is 15.4. The molecule has 2 aliphatic rings. The van der Waals surface area contributed by atoms with Crippen LogP contribution in [0.1, 0.15) is 22.3 Å². The van der Waals surface area contributed by atoms with Crippen molar-refractivity contribution in [2.45, 2.75) is 39.2 Å². The zero-order chi connectivity index (χ0) is 40.9. The second-order valence-corrected chi connectivity index (χ2v) is 23.3. The van der Waals surface area contributed by atoms with E-state index < -0.39 is 13.7 Å². The molecule has 8 aromatic carbocycles. The predicted octanol–water partition coefficient (Wildman–Crippen LogP) is 12.5. The molecule has 61 heavy (non-hydrogen) atoms. The summed E-state index contributed by atoms with van der Waals surface area (Å²) >= 11 is 0. The predicted molar refractivity (Wildman–Crippen MR) is 253 cm³/mol. The molecule has 0 amide bonds. The molecule has 11 aromatic rings. The summed E-state index contributed by atoms with van der Waals surface area (Å²) in [5.41, 5.74) is 15.6. The van der Waals surface area contributed by atoms with Crippen LogP contribution in [-0.4, -0.2) is 12.6 Å². The minimum absolute atomic E-state index is 0.757. The summed E-state index contributed by atoms with van der Waals surface area (Å²) in [6, 6.07) is 61.0. The Kier molecular flexibility index (Phi) is 6.85. The quantitative estimate of drug-likeness (QED) is 0.0993. The summed E-state index contributed by atoms with van der Waals surface area (Å²) in [5.74, 6) is 1.13. The molecular formula is C56H43N3OSi+2. The molecule has 1 unspecified atom stereocenters. The standard InChI is InChI=1S/C56H43N3OSi/c1-34-29-39(36-15-7-6-8-16-36)30-35(2)53(34)58-49-31-38-24-23-37-17-9-10-18-41(37)45(38)32-50(49)59-55(58)52-47(27-26-43-42-19-12-14-22-51(42)60-54(43)52)56(59)46-21-13-11-20-44(46)48-28-25-40(33-57(48)56)61(3,4)5/h6-33H,1-5H3/q+2. The monoisotopic (exact) mass is 801 g/mol. The molecule has 5 heterocycles. The van der Waals surface area contributed by atoms with Gasteiger partial charge in [-0.2, -0.15) is 4.57 Å². The Morgan fingerprint density at radius 1 is 0.574 bits per heavy atom. The molecule has 1 atom stereocenters. The van der Waals surface area contributed by atoms with E-state index in [9.17, 15) is 0 Å². The summed E-state index contributed by atoms with van der Waals surface area (Å²) in [7, 11) is -1.77. The largest absolute Gasteiger partial charge is 0.455 e. The number of pyridine rings is 1. The molecule has 4 nitrogen and oxygen atoms in total. The highest BCUT2D eigenvalue weighted by atomic mass is 28.3. The van der Waals surface area contributed by atoms with Crippen molar-refractivity contribution >= 4 is 67.8 Å². The number of rotatable bonds is 3. The number of para-hydroxylation sites is 1. The van der Waals surface area contributed by atoms with Gasteiger partial charge in [0.15, 0.2) is 22.8 Å². The molecule has 3 aromatic heterocycles. The van der Waals surface area contributed by atoms with Gasteiger partial charge in [0.25, 0.3) is 0 Å². The Morgan fingerprint density at radius 3 is 2.11 bits per heavy atom. The third kappa shape index (κ3) is 4.48. The topological polar surface area (TPSA) is 25.8 Å². The van der Waals surface area contributed by atoms with Crippen LogP contribution in [0.5, 0.6) is 0 Å². The van der Waals surface area contributed by atoms with E-state index >= 15 is 0 Å². The van der Waals surface area contributed by atoms with Crippen LogP contribution in [-0.2, 0) is 5.66 Å². The summed E-state index contributed by atoms with van der Waals surface area (Å²) in [4.78, 5) is 0. The fourth-order valence-corrected chi connectivity index (χ4v) is 12.2. The number of hydrogen-bond acceptors (Lipinski definition) is 1. The molecule has 0 fully saturated rings. The van der Waals surface area contributed by atoms with Crippen LogP contribution in [0.15, 0.2) is 174 Å². The lowest BCUT2D eigenvalue weighted by molar-refractivity contribution is -0.944. The fourth-order valence-electron chi connectivity index (χ4n) is 11.1. The number of furan rings is 1. The zero-order valence-corrected chi connectivity index (χ0v) is 35.9. The minimum Gasteiger partial charge on any atom is -0.455 e. The Labute approximate surface area is 355 Å². The molecular weight excluding hydrogens is 759 g/mol. The Bertz CT molecular complexity index is 3700. The molecule has 290 valence electrons. The van der Waals surface area contributed by atoms with Gasteiger partial charge in [0.1, 0.15) is 16.8 Å². The highest BCUT2D eigenvalue weighted by molar-refractivity contribution is 6.88. The summed E-state index contributed by atoms with van der Waals surface area (Å²) in [5, 5.41) is 8.65. The SMILES string of the molecule is Cc1cc(-c2ccccc2)cc(C)c1-n1c2[n+](c3cc4c(ccc5ccccc54)cc31)C1(c3ccccc3-c3ccc([Si](C)(C)C)c[n+]31)c1ccc3c(oc4ccccc43)c1-2. The second-order valence-electron chi connectivity index (χ2n) is 18.3. The molecule has 0 saturated heterocycles. The van der Waals surface area contributed by atoms with Crippen LogP contribution in [0.3, 0.4) is 0 Å². The lowest BCUT2D eigenvalue weighted by Crippen LogP contribution is -2.72. The molecule has 2 aliphatic heterocycles. The minimum atomic E-state index is -1.77. The van der Waals surface area contributed by atoms with Gasteiger partial charge in [0.05, 0.1) is 24.8 Å².